The average Bonchev–Trinajstić information content (AvgIpc) is 2.39. The summed E-state index contributed by atoms with van der Waals surface area (Å²) in [6, 6.07) is 0. The summed E-state index contributed by atoms with van der Waals surface area (Å²) in [5.74, 6) is -1.61. The molecule has 0 spiro atoms. The van der Waals surface area contributed by atoms with E-state index in [4.69, 9.17) is 0 Å². The van der Waals surface area contributed by atoms with Gasteiger partial charge >= 0.3 is 5.97 Å². The van der Waals surface area contributed by atoms with Crippen molar-refractivity contribution >= 4 is 17.8 Å². The minimum absolute atomic E-state index is 0.0970. The van der Waals surface area contributed by atoms with Crippen LogP contribution in [0.2, 0.25) is 0 Å². The molecule has 0 bridgehead atoms. The van der Waals surface area contributed by atoms with Crippen LogP contribution in [-0.4, -0.2) is 47.5 Å². The van der Waals surface area contributed by atoms with Gasteiger partial charge in [0.05, 0.1) is 19.1 Å². The fourth-order valence-corrected chi connectivity index (χ4v) is 1.60. The van der Waals surface area contributed by atoms with E-state index in [0.717, 1.165) is 12.0 Å². The Labute approximate surface area is 93.2 Å². The molecule has 2 amide bonds. The highest BCUT2D eigenvalue weighted by Gasteiger charge is 2.45. The van der Waals surface area contributed by atoms with Crippen LogP contribution in [0.4, 0.5) is 0 Å². The van der Waals surface area contributed by atoms with Gasteiger partial charge in [0, 0.05) is 6.42 Å². The van der Waals surface area contributed by atoms with E-state index in [9.17, 15) is 19.5 Å². The molecule has 6 heteroatoms. The van der Waals surface area contributed by atoms with Crippen molar-refractivity contribution in [3.05, 3.63) is 0 Å². The first-order chi connectivity index (χ1) is 7.29. The summed E-state index contributed by atoms with van der Waals surface area (Å²) in [4.78, 5) is 35.1. The van der Waals surface area contributed by atoms with Crippen molar-refractivity contribution in [1.82, 2.24) is 4.90 Å². The number of carbonyl (C=O) groups excluding carboxylic acids is 3. The molecular weight excluding hydrogens is 214 g/mol. The largest absolute Gasteiger partial charge is 0.467 e. The summed E-state index contributed by atoms with van der Waals surface area (Å²) < 4.78 is 4.31. The zero-order valence-electron chi connectivity index (χ0n) is 9.52. The number of methoxy groups -OCH3 is 1. The van der Waals surface area contributed by atoms with Gasteiger partial charge in [0.2, 0.25) is 11.8 Å². The van der Waals surface area contributed by atoms with Crippen molar-refractivity contribution in [1.29, 1.82) is 0 Å². The molecule has 0 aromatic heterocycles. The molecule has 1 fully saturated rings. The number of ether oxygens (including phenoxy) is 1. The molecule has 0 saturated carbocycles. The van der Waals surface area contributed by atoms with Gasteiger partial charge in [-0.15, -0.1) is 0 Å². The van der Waals surface area contributed by atoms with E-state index in [2.05, 4.69) is 4.74 Å². The first-order valence-electron chi connectivity index (χ1n) is 4.90. The second-order valence-corrected chi connectivity index (χ2v) is 4.41. The number of amides is 2. The lowest BCUT2D eigenvalue weighted by Gasteiger charge is -2.19. The highest BCUT2D eigenvalue weighted by Crippen LogP contribution is 2.31. The first-order valence-corrected chi connectivity index (χ1v) is 4.90. The molecule has 1 aliphatic rings. The normalized spacial score (nSPS) is 21.1. The highest BCUT2D eigenvalue weighted by atomic mass is 16.5. The Balaban J connectivity index is 2.72. The van der Waals surface area contributed by atoms with Gasteiger partial charge in [-0.3, -0.25) is 14.5 Å². The average molecular weight is 229 g/mol. The maximum Gasteiger partial charge on any atom is 0.336 e. The molecule has 90 valence electrons. The van der Waals surface area contributed by atoms with E-state index in [1.54, 1.807) is 13.8 Å². The molecule has 0 radical (unpaired) electrons. The molecule has 1 atom stereocenters. The van der Waals surface area contributed by atoms with Crippen molar-refractivity contribution in [2.75, 3.05) is 13.7 Å². The van der Waals surface area contributed by atoms with Crippen molar-refractivity contribution in [2.24, 2.45) is 5.41 Å². The highest BCUT2D eigenvalue weighted by molar-refractivity contribution is 6.05. The number of nitrogens with zero attached hydrogens (tertiary/aromatic N) is 1. The van der Waals surface area contributed by atoms with Crippen LogP contribution < -0.4 is 0 Å². The molecule has 16 heavy (non-hydrogen) atoms. The summed E-state index contributed by atoms with van der Waals surface area (Å²) >= 11 is 0. The minimum atomic E-state index is -1.48. The van der Waals surface area contributed by atoms with Crippen LogP contribution in [0.25, 0.3) is 0 Å². The van der Waals surface area contributed by atoms with Crippen LogP contribution >= 0.6 is 0 Å². The van der Waals surface area contributed by atoms with Crippen LogP contribution in [0.3, 0.4) is 0 Å². The standard InChI is InChI=1S/C10H15NO5/c1-10(2)4-7(13)11(9(10)15)5-6(12)8(14)16-3/h6,12H,4-5H2,1-3H3. The predicted octanol–water partition coefficient (Wildman–Crippen LogP) is -0.695. The van der Waals surface area contributed by atoms with Crippen molar-refractivity contribution in [3.8, 4) is 0 Å². The van der Waals surface area contributed by atoms with Crippen LogP contribution in [0.5, 0.6) is 0 Å². The zero-order valence-corrected chi connectivity index (χ0v) is 9.52. The number of esters is 1. The lowest BCUT2D eigenvalue weighted by molar-refractivity contribution is -0.153. The van der Waals surface area contributed by atoms with Gasteiger partial charge in [0.25, 0.3) is 0 Å². The quantitative estimate of drug-likeness (QED) is 0.511. The van der Waals surface area contributed by atoms with Gasteiger partial charge in [-0.2, -0.15) is 0 Å². The van der Waals surface area contributed by atoms with E-state index in [1.807, 2.05) is 0 Å². The molecule has 0 aromatic rings. The molecular formula is C10H15NO5. The molecule has 0 aliphatic carbocycles. The first kappa shape index (κ1) is 12.6. The summed E-state index contributed by atoms with van der Waals surface area (Å²) in [5.41, 5.74) is -0.757. The molecule has 1 unspecified atom stereocenters. The zero-order chi connectivity index (χ0) is 12.5. The summed E-state index contributed by atoms with van der Waals surface area (Å²) in [6.45, 7) is 2.96. The smallest absolute Gasteiger partial charge is 0.336 e. The monoisotopic (exact) mass is 229 g/mol. The second kappa shape index (κ2) is 4.21. The fourth-order valence-electron chi connectivity index (χ4n) is 1.60. The van der Waals surface area contributed by atoms with Gasteiger partial charge in [0.15, 0.2) is 6.10 Å². The number of aliphatic hydroxyl groups excluding tert-OH is 1. The maximum absolute atomic E-state index is 11.7. The third-order valence-corrected chi connectivity index (χ3v) is 2.55. The van der Waals surface area contributed by atoms with Crippen molar-refractivity contribution in [3.63, 3.8) is 0 Å². The molecule has 0 aromatic carbocycles. The number of β-amino-alcohol motifs (C(OH)–C–C–N with tert-alkyl or cyclic N) is 1. The van der Waals surface area contributed by atoms with Gasteiger partial charge < -0.3 is 9.84 Å². The third-order valence-electron chi connectivity index (χ3n) is 2.55. The maximum atomic E-state index is 11.7. The van der Waals surface area contributed by atoms with Crippen LogP contribution in [-0.2, 0) is 19.1 Å². The molecule has 6 nitrogen and oxygen atoms in total. The van der Waals surface area contributed by atoms with Crippen molar-refractivity contribution in [2.45, 2.75) is 26.4 Å². The van der Waals surface area contributed by atoms with Crippen LogP contribution in [0.1, 0.15) is 20.3 Å². The number of imide groups is 1. The lowest BCUT2D eigenvalue weighted by atomic mass is 9.92. The second-order valence-electron chi connectivity index (χ2n) is 4.41. The molecule has 1 aliphatic heterocycles. The Bertz CT molecular complexity index is 336. The van der Waals surface area contributed by atoms with Gasteiger partial charge in [0.1, 0.15) is 0 Å². The van der Waals surface area contributed by atoms with Gasteiger partial charge in [-0.05, 0) is 0 Å². The van der Waals surface area contributed by atoms with E-state index in [0.29, 0.717) is 0 Å². The Morgan fingerprint density at radius 3 is 2.50 bits per heavy atom. The number of rotatable bonds is 3. The minimum Gasteiger partial charge on any atom is -0.467 e. The van der Waals surface area contributed by atoms with Crippen LogP contribution in [0, 0.1) is 5.41 Å². The van der Waals surface area contributed by atoms with Crippen LogP contribution in [0.15, 0.2) is 0 Å². The Hall–Kier alpha value is -1.43. The Kier molecular flexibility index (Phi) is 3.32. The number of carbonyl (C=O) groups is 3. The summed E-state index contributed by atoms with van der Waals surface area (Å²) in [6.07, 6.45) is -1.38. The predicted molar refractivity (Wildman–Crippen MR) is 53.1 cm³/mol. The summed E-state index contributed by atoms with van der Waals surface area (Å²) in [5, 5.41) is 9.36. The molecule has 1 rings (SSSR count). The number of likely N-dealkylation sites (tertiary alicyclic amines) is 1. The lowest BCUT2D eigenvalue weighted by Crippen LogP contribution is -2.42. The molecule has 1 saturated heterocycles. The van der Waals surface area contributed by atoms with E-state index in [1.165, 1.54) is 0 Å². The van der Waals surface area contributed by atoms with Gasteiger partial charge in [-0.25, -0.2) is 4.79 Å². The molecule has 1 N–H and O–H groups in total. The number of aliphatic hydroxyl groups is 1. The summed E-state index contributed by atoms with van der Waals surface area (Å²) in [7, 11) is 1.13. The van der Waals surface area contributed by atoms with Gasteiger partial charge in [-0.1, -0.05) is 13.8 Å². The fraction of sp³-hybridized carbons (Fsp3) is 0.700. The van der Waals surface area contributed by atoms with E-state index in [-0.39, 0.29) is 24.8 Å². The Morgan fingerprint density at radius 2 is 2.12 bits per heavy atom. The number of hydrogen-bond donors (Lipinski definition) is 1. The topological polar surface area (TPSA) is 83.9 Å². The molecule has 1 heterocycles. The SMILES string of the molecule is COC(=O)C(O)CN1C(=O)CC(C)(C)C1=O. The van der Waals surface area contributed by atoms with Crippen molar-refractivity contribution < 1.29 is 24.2 Å². The number of hydrogen-bond acceptors (Lipinski definition) is 5. The Morgan fingerprint density at radius 1 is 1.56 bits per heavy atom. The van der Waals surface area contributed by atoms with E-state index < -0.39 is 17.5 Å². The van der Waals surface area contributed by atoms with E-state index >= 15 is 0 Å². The third kappa shape index (κ3) is 2.21.